The quantitative estimate of drug-likeness (QED) is 0.739. The lowest BCUT2D eigenvalue weighted by atomic mass is 10.1. The van der Waals surface area contributed by atoms with Crippen LogP contribution in [0.15, 0.2) is 48.5 Å². The summed E-state index contributed by atoms with van der Waals surface area (Å²) in [5.41, 5.74) is 4.33. The van der Waals surface area contributed by atoms with Gasteiger partial charge in [-0.25, -0.2) is 0 Å². The summed E-state index contributed by atoms with van der Waals surface area (Å²) in [7, 11) is 0. The van der Waals surface area contributed by atoms with E-state index < -0.39 is 0 Å². The molecule has 0 amide bonds. The highest BCUT2D eigenvalue weighted by Crippen LogP contribution is 2.12. The molecule has 0 aliphatic rings. The molecular weight excluding hydrogens is 246 g/mol. The molecule has 0 bridgehead atoms. The minimum Gasteiger partial charge on any atom is -0.377 e. The summed E-state index contributed by atoms with van der Waals surface area (Å²) >= 11 is 0. The lowest BCUT2D eigenvalue weighted by Gasteiger charge is -2.07. The van der Waals surface area contributed by atoms with Crippen molar-refractivity contribution in [2.24, 2.45) is 0 Å². The van der Waals surface area contributed by atoms with Crippen LogP contribution >= 0.6 is 0 Å². The Morgan fingerprint density at radius 3 is 2.60 bits per heavy atom. The fourth-order valence-electron chi connectivity index (χ4n) is 2.13. The van der Waals surface area contributed by atoms with E-state index >= 15 is 0 Å². The first-order chi connectivity index (χ1) is 9.79. The summed E-state index contributed by atoms with van der Waals surface area (Å²) in [6.45, 7) is 3.39. The SMILES string of the molecule is Cc1cc(C#N)ccc1COCCCc1ccccc1. The van der Waals surface area contributed by atoms with Gasteiger partial charge in [0.2, 0.25) is 0 Å². The number of hydrogen-bond donors (Lipinski definition) is 0. The van der Waals surface area contributed by atoms with Gasteiger partial charge in [-0.2, -0.15) is 5.26 Å². The molecule has 2 nitrogen and oxygen atoms in total. The molecule has 0 atom stereocenters. The topological polar surface area (TPSA) is 33.0 Å². The summed E-state index contributed by atoms with van der Waals surface area (Å²) in [6.07, 6.45) is 2.08. The molecule has 0 radical (unpaired) electrons. The predicted molar refractivity (Wildman–Crippen MR) is 80.3 cm³/mol. The van der Waals surface area contributed by atoms with E-state index in [0.717, 1.165) is 30.6 Å². The third kappa shape index (κ3) is 4.22. The molecule has 0 aliphatic carbocycles. The highest BCUT2D eigenvalue weighted by Gasteiger charge is 2.00. The molecule has 0 aliphatic heterocycles. The van der Waals surface area contributed by atoms with E-state index in [2.05, 4.69) is 30.3 Å². The maximum absolute atomic E-state index is 8.83. The molecular formula is C18H19NO. The van der Waals surface area contributed by atoms with Crippen molar-refractivity contribution in [1.82, 2.24) is 0 Å². The number of nitrogens with zero attached hydrogens (tertiary/aromatic N) is 1. The molecule has 2 rings (SSSR count). The highest BCUT2D eigenvalue weighted by molar-refractivity contribution is 5.37. The molecule has 0 fully saturated rings. The van der Waals surface area contributed by atoms with E-state index in [0.29, 0.717) is 12.2 Å². The molecule has 20 heavy (non-hydrogen) atoms. The zero-order chi connectivity index (χ0) is 14.2. The molecule has 0 N–H and O–H groups in total. The Kier molecular flexibility index (Phi) is 5.34. The van der Waals surface area contributed by atoms with Crippen molar-refractivity contribution in [3.05, 3.63) is 70.8 Å². The van der Waals surface area contributed by atoms with Crippen molar-refractivity contribution in [2.75, 3.05) is 6.61 Å². The minimum atomic E-state index is 0.617. The summed E-state index contributed by atoms with van der Waals surface area (Å²) in [4.78, 5) is 0. The van der Waals surface area contributed by atoms with Crippen molar-refractivity contribution < 1.29 is 4.74 Å². The standard InChI is InChI=1S/C18H19NO/c1-15-12-17(13-19)9-10-18(15)14-20-11-5-8-16-6-3-2-4-7-16/h2-4,6-7,9-10,12H,5,8,11,14H2,1H3. The largest absolute Gasteiger partial charge is 0.377 e. The second-order valence-electron chi connectivity index (χ2n) is 4.89. The first-order valence-corrected chi connectivity index (χ1v) is 6.91. The van der Waals surface area contributed by atoms with Gasteiger partial charge in [-0.15, -0.1) is 0 Å². The Labute approximate surface area is 120 Å². The van der Waals surface area contributed by atoms with Crippen molar-refractivity contribution in [2.45, 2.75) is 26.4 Å². The molecule has 2 aromatic rings. The van der Waals surface area contributed by atoms with E-state index in [4.69, 9.17) is 10.00 Å². The van der Waals surface area contributed by atoms with Gasteiger partial charge in [-0.3, -0.25) is 0 Å². The minimum absolute atomic E-state index is 0.617. The molecule has 2 aromatic carbocycles. The van der Waals surface area contributed by atoms with E-state index in [1.807, 2.05) is 31.2 Å². The number of nitriles is 1. The average Bonchev–Trinajstić information content (AvgIpc) is 2.49. The van der Waals surface area contributed by atoms with Gasteiger partial charge >= 0.3 is 0 Å². The normalized spacial score (nSPS) is 10.2. The van der Waals surface area contributed by atoms with Crippen LogP contribution in [-0.2, 0) is 17.8 Å². The number of rotatable bonds is 6. The summed E-state index contributed by atoms with van der Waals surface area (Å²) in [6, 6.07) is 18.3. The monoisotopic (exact) mass is 265 g/mol. The average molecular weight is 265 g/mol. The molecule has 0 saturated carbocycles. The lowest BCUT2D eigenvalue weighted by Crippen LogP contribution is -1.99. The maximum Gasteiger partial charge on any atom is 0.0991 e. The summed E-state index contributed by atoms with van der Waals surface area (Å²) in [5, 5.41) is 8.83. The lowest BCUT2D eigenvalue weighted by molar-refractivity contribution is 0.118. The van der Waals surface area contributed by atoms with Crippen LogP contribution in [-0.4, -0.2) is 6.61 Å². The van der Waals surface area contributed by atoms with E-state index in [1.165, 1.54) is 5.56 Å². The van der Waals surface area contributed by atoms with Gasteiger partial charge < -0.3 is 4.74 Å². The van der Waals surface area contributed by atoms with E-state index in [-0.39, 0.29) is 0 Å². The Morgan fingerprint density at radius 1 is 1.10 bits per heavy atom. The second kappa shape index (κ2) is 7.47. The van der Waals surface area contributed by atoms with Crippen LogP contribution in [0.1, 0.15) is 28.7 Å². The van der Waals surface area contributed by atoms with Crippen LogP contribution in [0.5, 0.6) is 0 Å². The third-order valence-corrected chi connectivity index (χ3v) is 3.33. The predicted octanol–water partition coefficient (Wildman–Crippen LogP) is 4.02. The Morgan fingerprint density at radius 2 is 1.90 bits per heavy atom. The van der Waals surface area contributed by atoms with Crippen LogP contribution < -0.4 is 0 Å². The van der Waals surface area contributed by atoms with Gasteiger partial charge in [-0.05, 0) is 48.6 Å². The zero-order valence-electron chi connectivity index (χ0n) is 11.8. The Bertz CT molecular complexity index is 584. The van der Waals surface area contributed by atoms with Gasteiger partial charge in [-0.1, -0.05) is 36.4 Å². The molecule has 0 aromatic heterocycles. The number of aryl methyl sites for hydroxylation is 2. The molecule has 0 heterocycles. The van der Waals surface area contributed by atoms with E-state index in [9.17, 15) is 0 Å². The molecule has 0 spiro atoms. The molecule has 0 unspecified atom stereocenters. The van der Waals surface area contributed by atoms with Crippen molar-refractivity contribution >= 4 is 0 Å². The number of ether oxygens (including phenoxy) is 1. The molecule has 2 heteroatoms. The molecule has 102 valence electrons. The van der Waals surface area contributed by atoms with E-state index in [1.54, 1.807) is 0 Å². The van der Waals surface area contributed by atoms with Gasteiger partial charge in [0.15, 0.2) is 0 Å². The third-order valence-electron chi connectivity index (χ3n) is 3.33. The maximum atomic E-state index is 8.83. The number of hydrogen-bond acceptors (Lipinski definition) is 2. The van der Waals surface area contributed by atoms with Crippen LogP contribution in [0.3, 0.4) is 0 Å². The fraction of sp³-hybridized carbons (Fsp3) is 0.278. The first kappa shape index (κ1) is 14.3. The highest BCUT2D eigenvalue weighted by atomic mass is 16.5. The van der Waals surface area contributed by atoms with Gasteiger partial charge in [0.1, 0.15) is 0 Å². The summed E-state index contributed by atoms with van der Waals surface area (Å²) < 4.78 is 5.71. The number of benzene rings is 2. The van der Waals surface area contributed by atoms with Crippen LogP contribution in [0.25, 0.3) is 0 Å². The van der Waals surface area contributed by atoms with Crippen molar-refractivity contribution in [3.63, 3.8) is 0 Å². The second-order valence-corrected chi connectivity index (χ2v) is 4.89. The molecule has 0 saturated heterocycles. The van der Waals surface area contributed by atoms with Crippen molar-refractivity contribution in [1.29, 1.82) is 5.26 Å². The summed E-state index contributed by atoms with van der Waals surface area (Å²) in [5.74, 6) is 0. The first-order valence-electron chi connectivity index (χ1n) is 6.91. The van der Waals surface area contributed by atoms with Gasteiger partial charge in [0, 0.05) is 6.61 Å². The van der Waals surface area contributed by atoms with Gasteiger partial charge in [0.05, 0.1) is 18.2 Å². The van der Waals surface area contributed by atoms with Crippen molar-refractivity contribution in [3.8, 4) is 6.07 Å². The van der Waals surface area contributed by atoms with Crippen LogP contribution in [0.2, 0.25) is 0 Å². The Balaban J connectivity index is 1.72. The Hall–Kier alpha value is -2.11. The smallest absolute Gasteiger partial charge is 0.0991 e. The van der Waals surface area contributed by atoms with Gasteiger partial charge in [0.25, 0.3) is 0 Å². The van der Waals surface area contributed by atoms with Crippen LogP contribution in [0.4, 0.5) is 0 Å². The zero-order valence-corrected chi connectivity index (χ0v) is 11.8. The fourth-order valence-corrected chi connectivity index (χ4v) is 2.13. The van der Waals surface area contributed by atoms with Crippen LogP contribution in [0, 0.1) is 18.3 Å².